The number of hydrogen-bond donors (Lipinski definition) is 2. The largest absolute Gasteiger partial charge is 0.352 e. The zero-order valence-electron chi connectivity index (χ0n) is 18.0. The van der Waals surface area contributed by atoms with Crippen LogP contribution in [-0.4, -0.2) is 28.1 Å². The number of nitrogens with zero attached hydrogens (tertiary/aromatic N) is 2. The molecule has 2 amide bonds. The predicted molar refractivity (Wildman–Crippen MR) is 126 cm³/mol. The molecule has 0 radical (unpaired) electrons. The average Bonchev–Trinajstić information content (AvgIpc) is 3.26. The Morgan fingerprint density at radius 1 is 0.906 bits per heavy atom. The van der Waals surface area contributed by atoms with Crippen LogP contribution in [0.1, 0.15) is 33.2 Å². The molecule has 0 aliphatic rings. The van der Waals surface area contributed by atoms with Crippen LogP contribution in [0.2, 0.25) is 0 Å². The second-order valence-corrected chi connectivity index (χ2v) is 7.43. The minimum Gasteiger partial charge on any atom is -0.352 e. The quantitative estimate of drug-likeness (QED) is 0.465. The summed E-state index contributed by atoms with van der Waals surface area (Å²) >= 11 is 0. The second-order valence-electron chi connectivity index (χ2n) is 7.43. The Morgan fingerprint density at radius 2 is 1.66 bits per heavy atom. The summed E-state index contributed by atoms with van der Waals surface area (Å²) in [6.07, 6.45) is 1.73. The van der Waals surface area contributed by atoms with Crippen LogP contribution in [0.5, 0.6) is 0 Å². The van der Waals surface area contributed by atoms with Crippen molar-refractivity contribution in [2.75, 3.05) is 11.9 Å². The van der Waals surface area contributed by atoms with E-state index < -0.39 is 0 Å². The molecule has 160 valence electrons. The molecule has 0 unspecified atom stereocenters. The number of rotatable bonds is 6. The van der Waals surface area contributed by atoms with Crippen LogP contribution in [0.25, 0.3) is 16.9 Å². The Morgan fingerprint density at radius 3 is 2.38 bits per heavy atom. The maximum absolute atomic E-state index is 13.2. The third kappa shape index (κ3) is 4.59. The lowest BCUT2D eigenvalue weighted by Crippen LogP contribution is -2.22. The van der Waals surface area contributed by atoms with Crippen molar-refractivity contribution in [3.63, 3.8) is 0 Å². The highest BCUT2D eigenvalue weighted by Gasteiger charge is 2.19. The van der Waals surface area contributed by atoms with Crippen LogP contribution in [0.3, 0.4) is 0 Å². The molecule has 0 aliphatic carbocycles. The van der Waals surface area contributed by atoms with Gasteiger partial charge in [0.15, 0.2) is 0 Å². The number of amides is 2. The Kier molecular flexibility index (Phi) is 6.12. The summed E-state index contributed by atoms with van der Waals surface area (Å²) in [5, 5.41) is 10.4. The number of aromatic nitrogens is 2. The fourth-order valence-corrected chi connectivity index (χ4v) is 3.38. The van der Waals surface area contributed by atoms with E-state index in [1.54, 1.807) is 35.1 Å². The maximum Gasteiger partial charge on any atom is 0.259 e. The van der Waals surface area contributed by atoms with Gasteiger partial charge in [0.05, 0.1) is 11.3 Å². The van der Waals surface area contributed by atoms with E-state index in [2.05, 4.69) is 10.6 Å². The van der Waals surface area contributed by atoms with Gasteiger partial charge < -0.3 is 10.6 Å². The molecule has 0 atom stereocenters. The first kappa shape index (κ1) is 21.1. The van der Waals surface area contributed by atoms with Gasteiger partial charge in [-0.2, -0.15) is 5.10 Å². The molecule has 0 spiro atoms. The van der Waals surface area contributed by atoms with Crippen LogP contribution in [-0.2, 0) is 0 Å². The lowest BCUT2D eigenvalue weighted by molar-refractivity contribution is 0.0954. The van der Waals surface area contributed by atoms with Crippen molar-refractivity contribution in [3.8, 4) is 16.9 Å². The normalized spacial score (nSPS) is 10.6. The average molecular weight is 425 g/mol. The first-order valence-corrected chi connectivity index (χ1v) is 10.5. The summed E-state index contributed by atoms with van der Waals surface area (Å²) < 4.78 is 1.71. The predicted octanol–water partition coefficient (Wildman–Crippen LogP) is 4.85. The van der Waals surface area contributed by atoms with Crippen LogP contribution < -0.4 is 10.6 Å². The van der Waals surface area contributed by atoms with Crippen molar-refractivity contribution in [1.29, 1.82) is 0 Å². The van der Waals surface area contributed by atoms with Gasteiger partial charge in [0.1, 0.15) is 5.69 Å². The standard InChI is InChI=1S/C26H24N4O2/c1-3-27-25(31)20-10-7-11-21(16-20)28-26(32)23-17-30(22-14-12-18(2)13-15-22)29-24(23)19-8-5-4-6-9-19/h4-17H,3H2,1-2H3,(H,27,31)(H,28,32). The van der Waals surface area contributed by atoms with E-state index >= 15 is 0 Å². The van der Waals surface area contributed by atoms with Crippen LogP contribution in [0, 0.1) is 6.92 Å². The number of anilines is 1. The monoisotopic (exact) mass is 424 g/mol. The van der Waals surface area contributed by atoms with Gasteiger partial charge in [-0.3, -0.25) is 9.59 Å². The Hall–Kier alpha value is -4.19. The van der Waals surface area contributed by atoms with Crippen molar-refractivity contribution in [2.45, 2.75) is 13.8 Å². The minimum absolute atomic E-state index is 0.180. The number of hydrogen-bond acceptors (Lipinski definition) is 3. The first-order chi connectivity index (χ1) is 15.5. The first-order valence-electron chi connectivity index (χ1n) is 10.5. The van der Waals surface area contributed by atoms with Gasteiger partial charge >= 0.3 is 0 Å². The molecule has 0 saturated carbocycles. The van der Waals surface area contributed by atoms with E-state index in [1.807, 2.05) is 68.4 Å². The van der Waals surface area contributed by atoms with Crippen molar-refractivity contribution < 1.29 is 9.59 Å². The zero-order valence-corrected chi connectivity index (χ0v) is 18.0. The van der Waals surface area contributed by atoms with E-state index in [4.69, 9.17) is 5.10 Å². The summed E-state index contributed by atoms with van der Waals surface area (Å²) in [7, 11) is 0. The van der Waals surface area contributed by atoms with Crippen molar-refractivity contribution in [1.82, 2.24) is 15.1 Å². The third-order valence-electron chi connectivity index (χ3n) is 5.02. The van der Waals surface area contributed by atoms with Gasteiger partial charge in [-0.15, -0.1) is 0 Å². The third-order valence-corrected chi connectivity index (χ3v) is 5.02. The second kappa shape index (κ2) is 9.31. The number of benzene rings is 3. The van der Waals surface area contributed by atoms with Crippen LogP contribution >= 0.6 is 0 Å². The van der Waals surface area contributed by atoms with Gasteiger partial charge in [0.25, 0.3) is 11.8 Å². The fourth-order valence-electron chi connectivity index (χ4n) is 3.38. The maximum atomic E-state index is 13.2. The van der Waals surface area contributed by atoms with E-state index in [0.717, 1.165) is 16.8 Å². The number of aryl methyl sites for hydroxylation is 1. The summed E-state index contributed by atoms with van der Waals surface area (Å²) in [4.78, 5) is 25.4. The highest BCUT2D eigenvalue weighted by molar-refractivity contribution is 6.08. The molecule has 6 heteroatoms. The highest BCUT2D eigenvalue weighted by atomic mass is 16.2. The van der Waals surface area contributed by atoms with Gasteiger partial charge in [-0.1, -0.05) is 54.1 Å². The van der Waals surface area contributed by atoms with Crippen LogP contribution in [0.4, 0.5) is 5.69 Å². The molecule has 0 aliphatic heterocycles. The van der Waals surface area contributed by atoms with E-state index in [0.29, 0.717) is 29.1 Å². The summed E-state index contributed by atoms with van der Waals surface area (Å²) in [6, 6.07) is 24.4. The number of carbonyl (C=O) groups excluding carboxylic acids is 2. The Labute approximate surface area is 186 Å². The molecule has 1 heterocycles. The molecule has 3 aromatic carbocycles. The molecule has 2 N–H and O–H groups in total. The highest BCUT2D eigenvalue weighted by Crippen LogP contribution is 2.25. The smallest absolute Gasteiger partial charge is 0.259 e. The van der Waals surface area contributed by atoms with E-state index in [-0.39, 0.29) is 11.8 Å². The van der Waals surface area contributed by atoms with Crippen molar-refractivity contribution in [2.24, 2.45) is 0 Å². The topological polar surface area (TPSA) is 76.0 Å². The fraction of sp³-hybridized carbons (Fsp3) is 0.115. The van der Waals surface area contributed by atoms with Gasteiger partial charge in [-0.25, -0.2) is 4.68 Å². The molecular formula is C26H24N4O2. The van der Waals surface area contributed by atoms with Crippen molar-refractivity contribution in [3.05, 3.63) is 102 Å². The Balaban J connectivity index is 1.69. The summed E-state index contributed by atoms with van der Waals surface area (Å²) in [5.74, 6) is -0.476. The van der Waals surface area contributed by atoms with Crippen molar-refractivity contribution >= 4 is 17.5 Å². The number of nitrogens with one attached hydrogen (secondary N) is 2. The SMILES string of the molecule is CCNC(=O)c1cccc(NC(=O)c2cn(-c3ccc(C)cc3)nc2-c2ccccc2)c1. The molecule has 0 fully saturated rings. The molecule has 1 aromatic heterocycles. The minimum atomic E-state index is -0.296. The summed E-state index contributed by atoms with van der Waals surface area (Å²) in [5.41, 5.74) is 4.92. The van der Waals surface area contributed by atoms with Gasteiger partial charge in [0, 0.05) is 29.6 Å². The van der Waals surface area contributed by atoms with E-state index in [1.165, 1.54) is 0 Å². The van der Waals surface area contributed by atoms with Gasteiger partial charge in [0.2, 0.25) is 0 Å². The molecular weight excluding hydrogens is 400 g/mol. The summed E-state index contributed by atoms with van der Waals surface area (Å²) in [6.45, 7) is 4.42. The number of carbonyl (C=O) groups is 2. The zero-order chi connectivity index (χ0) is 22.5. The molecule has 6 nitrogen and oxygen atoms in total. The molecule has 0 saturated heterocycles. The van der Waals surface area contributed by atoms with Gasteiger partial charge in [-0.05, 0) is 44.2 Å². The molecule has 4 aromatic rings. The molecule has 4 rings (SSSR count). The Bertz CT molecular complexity index is 1240. The molecule has 0 bridgehead atoms. The lowest BCUT2D eigenvalue weighted by Gasteiger charge is -2.08. The molecule has 32 heavy (non-hydrogen) atoms. The lowest BCUT2D eigenvalue weighted by atomic mass is 10.1. The van der Waals surface area contributed by atoms with Crippen LogP contribution in [0.15, 0.2) is 85.1 Å². The van der Waals surface area contributed by atoms with E-state index in [9.17, 15) is 9.59 Å².